The van der Waals surface area contributed by atoms with Crippen molar-refractivity contribution in [2.45, 2.75) is 0 Å². The number of carbonyl (C=O) groups excluding carboxylic acids is 1. The lowest BCUT2D eigenvalue weighted by molar-refractivity contribution is -0.384. The maximum absolute atomic E-state index is 11.9. The van der Waals surface area contributed by atoms with E-state index in [1.165, 1.54) is 18.3 Å². The van der Waals surface area contributed by atoms with Crippen LogP contribution in [0.2, 0.25) is 0 Å². The minimum Gasteiger partial charge on any atom is -0.508 e. The monoisotopic (exact) mass is 302 g/mol. The maximum Gasteiger partial charge on any atom is 0.357 e. The Kier molecular flexibility index (Phi) is 3.68. The number of nitrogen functional groups attached to an aromatic ring is 1. The van der Waals surface area contributed by atoms with Gasteiger partial charge in [0.2, 0.25) is 0 Å². The van der Waals surface area contributed by atoms with Gasteiger partial charge in [-0.05, 0) is 12.1 Å². The third-order valence-electron chi connectivity index (χ3n) is 2.96. The van der Waals surface area contributed by atoms with Crippen molar-refractivity contribution in [3.63, 3.8) is 0 Å². The Bertz CT molecular complexity index is 819. The van der Waals surface area contributed by atoms with E-state index >= 15 is 0 Å². The molecule has 0 saturated heterocycles. The third kappa shape index (κ3) is 2.29. The molecule has 0 saturated carbocycles. The molecular weight excluding hydrogens is 292 g/mol. The van der Waals surface area contributed by atoms with Gasteiger partial charge in [0.15, 0.2) is 5.69 Å². The van der Waals surface area contributed by atoms with Gasteiger partial charge in [0.25, 0.3) is 5.69 Å². The topological polar surface area (TPSA) is 144 Å². The van der Waals surface area contributed by atoms with Gasteiger partial charge in [0.05, 0.1) is 29.4 Å². The molecule has 0 atom stereocenters. The van der Waals surface area contributed by atoms with Crippen molar-refractivity contribution in [1.82, 2.24) is 4.57 Å². The molecular formula is C13H10N4O5. The van der Waals surface area contributed by atoms with E-state index < -0.39 is 16.6 Å². The molecule has 2 aromatic rings. The first-order chi connectivity index (χ1) is 10.4. The van der Waals surface area contributed by atoms with Crippen molar-refractivity contribution in [3.05, 3.63) is 45.8 Å². The maximum atomic E-state index is 11.9. The van der Waals surface area contributed by atoms with Crippen molar-refractivity contribution in [1.29, 1.82) is 5.26 Å². The fourth-order valence-corrected chi connectivity index (χ4v) is 1.97. The first-order valence-corrected chi connectivity index (χ1v) is 5.87. The molecule has 0 fully saturated rings. The molecule has 0 aliphatic heterocycles. The number of carbonyl (C=O) groups is 1. The number of phenols is 1. The van der Waals surface area contributed by atoms with Crippen LogP contribution in [0.1, 0.15) is 16.1 Å². The standard InChI is InChI=1S/C13H10N4O5/c1-22-13(19)12-11(15)7(5-14)6-16(12)9-3-2-8(18)4-10(9)17(20)21/h2-4,6,18H,15H2,1H3. The van der Waals surface area contributed by atoms with Crippen LogP contribution in [0, 0.1) is 21.4 Å². The first-order valence-electron chi connectivity index (χ1n) is 5.87. The number of anilines is 1. The van der Waals surface area contributed by atoms with Gasteiger partial charge >= 0.3 is 5.97 Å². The highest BCUT2D eigenvalue weighted by atomic mass is 16.6. The van der Waals surface area contributed by atoms with Gasteiger partial charge in [-0.1, -0.05) is 0 Å². The van der Waals surface area contributed by atoms with Crippen molar-refractivity contribution < 1.29 is 19.6 Å². The highest BCUT2D eigenvalue weighted by Crippen LogP contribution is 2.32. The molecule has 1 heterocycles. The van der Waals surface area contributed by atoms with Crippen LogP contribution >= 0.6 is 0 Å². The first kappa shape index (κ1) is 14.9. The number of hydrogen-bond donors (Lipinski definition) is 2. The molecule has 2 rings (SSSR count). The summed E-state index contributed by atoms with van der Waals surface area (Å²) in [5, 5.41) is 29.5. The Morgan fingerprint density at radius 2 is 2.23 bits per heavy atom. The van der Waals surface area contributed by atoms with Crippen LogP contribution in [0.25, 0.3) is 5.69 Å². The summed E-state index contributed by atoms with van der Waals surface area (Å²) in [4.78, 5) is 22.3. The van der Waals surface area contributed by atoms with Gasteiger partial charge in [0, 0.05) is 6.20 Å². The van der Waals surface area contributed by atoms with E-state index in [0.29, 0.717) is 0 Å². The number of ether oxygens (including phenoxy) is 1. The number of nitriles is 1. The largest absolute Gasteiger partial charge is 0.508 e. The number of rotatable bonds is 3. The summed E-state index contributed by atoms with van der Waals surface area (Å²) < 4.78 is 5.69. The number of phenolic OH excluding ortho intramolecular Hbond substituents is 1. The minimum absolute atomic E-state index is 0.0252. The Morgan fingerprint density at radius 3 is 2.77 bits per heavy atom. The smallest absolute Gasteiger partial charge is 0.357 e. The number of nitro groups is 1. The van der Waals surface area contributed by atoms with Crippen LogP contribution < -0.4 is 5.73 Å². The molecule has 112 valence electrons. The van der Waals surface area contributed by atoms with Crippen LogP contribution in [0.5, 0.6) is 5.75 Å². The van der Waals surface area contributed by atoms with Crippen molar-refractivity contribution in [3.8, 4) is 17.5 Å². The van der Waals surface area contributed by atoms with E-state index in [1.807, 2.05) is 0 Å². The molecule has 0 radical (unpaired) electrons. The number of hydrogen-bond acceptors (Lipinski definition) is 7. The molecule has 3 N–H and O–H groups in total. The number of methoxy groups -OCH3 is 1. The van der Waals surface area contributed by atoms with Crippen LogP contribution in [0.4, 0.5) is 11.4 Å². The lowest BCUT2D eigenvalue weighted by atomic mass is 10.2. The minimum atomic E-state index is -0.846. The van der Waals surface area contributed by atoms with Crippen molar-refractivity contribution >= 4 is 17.3 Å². The van der Waals surface area contributed by atoms with Gasteiger partial charge in [-0.3, -0.25) is 10.1 Å². The highest BCUT2D eigenvalue weighted by Gasteiger charge is 2.26. The van der Waals surface area contributed by atoms with Crippen LogP contribution in [0.3, 0.4) is 0 Å². The SMILES string of the molecule is COC(=O)c1c(N)c(C#N)cn1-c1ccc(O)cc1[N+](=O)[O-]. The van der Waals surface area contributed by atoms with Gasteiger partial charge in [-0.15, -0.1) is 0 Å². The molecule has 0 aliphatic rings. The molecule has 0 aliphatic carbocycles. The zero-order valence-electron chi connectivity index (χ0n) is 11.3. The second-order valence-electron chi connectivity index (χ2n) is 4.21. The van der Waals surface area contributed by atoms with Gasteiger partial charge < -0.3 is 20.1 Å². The second-order valence-corrected chi connectivity index (χ2v) is 4.21. The molecule has 1 aromatic carbocycles. The number of esters is 1. The van der Waals surface area contributed by atoms with Gasteiger partial charge in [-0.2, -0.15) is 5.26 Å². The second kappa shape index (κ2) is 5.45. The van der Waals surface area contributed by atoms with E-state index in [-0.39, 0.29) is 28.4 Å². The summed E-state index contributed by atoms with van der Waals surface area (Å²) >= 11 is 0. The quantitative estimate of drug-likeness (QED) is 0.494. The van der Waals surface area contributed by atoms with Crippen LogP contribution in [-0.4, -0.2) is 27.7 Å². The fraction of sp³-hybridized carbons (Fsp3) is 0.0769. The van der Waals surface area contributed by atoms with Crippen LogP contribution in [-0.2, 0) is 4.74 Å². The fourth-order valence-electron chi connectivity index (χ4n) is 1.97. The highest BCUT2D eigenvalue weighted by molar-refractivity contribution is 5.96. The molecule has 0 bridgehead atoms. The number of nitrogens with zero attached hydrogens (tertiary/aromatic N) is 3. The number of nitrogens with two attached hydrogens (primary N) is 1. The predicted octanol–water partition coefficient (Wildman–Crippen LogP) is 1.33. The number of nitro benzene ring substituents is 1. The van der Waals surface area contributed by atoms with Crippen molar-refractivity contribution in [2.24, 2.45) is 0 Å². The van der Waals surface area contributed by atoms with E-state index in [9.17, 15) is 20.0 Å². The Labute approximate surface area is 123 Å². The Morgan fingerprint density at radius 1 is 1.55 bits per heavy atom. The summed E-state index contributed by atoms with van der Waals surface area (Å²) in [5.74, 6) is -1.16. The predicted molar refractivity (Wildman–Crippen MR) is 74.6 cm³/mol. The van der Waals surface area contributed by atoms with E-state index in [1.54, 1.807) is 6.07 Å². The zero-order chi connectivity index (χ0) is 16.4. The summed E-state index contributed by atoms with van der Waals surface area (Å²) in [6.07, 6.45) is 1.20. The molecule has 1 aromatic heterocycles. The van der Waals surface area contributed by atoms with Gasteiger partial charge in [-0.25, -0.2) is 4.79 Å². The number of aromatic nitrogens is 1. The summed E-state index contributed by atoms with van der Waals surface area (Å²) in [7, 11) is 1.12. The molecule has 22 heavy (non-hydrogen) atoms. The molecule has 0 unspecified atom stereocenters. The Hall–Kier alpha value is -3.54. The Balaban J connectivity index is 2.81. The van der Waals surface area contributed by atoms with Crippen LogP contribution in [0.15, 0.2) is 24.4 Å². The van der Waals surface area contributed by atoms with E-state index in [0.717, 1.165) is 17.7 Å². The van der Waals surface area contributed by atoms with E-state index in [2.05, 4.69) is 4.74 Å². The average Bonchev–Trinajstić information content (AvgIpc) is 2.83. The molecule has 9 nitrogen and oxygen atoms in total. The third-order valence-corrected chi connectivity index (χ3v) is 2.96. The summed E-state index contributed by atoms with van der Waals surface area (Å²) in [5.41, 5.74) is 4.87. The summed E-state index contributed by atoms with van der Waals surface area (Å²) in [6, 6.07) is 5.17. The lowest BCUT2D eigenvalue weighted by Crippen LogP contribution is -2.12. The number of aromatic hydroxyl groups is 1. The molecule has 9 heteroatoms. The molecule has 0 amide bonds. The lowest BCUT2D eigenvalue weighted by Gasteiger charge is -2.09. The number of benzene rings is 1. The van der Waals surface area contributed by atoms with Crippen molar-refractivity contribution in [2.75, 3.05) is 12.8 Å². The average molecular weight is 302 g/mol. The molecule has 0 spiro atoms. The normalized spacial score (nSPS) is 10.0. The zero-order valence-corrected chi connectivity index (χ0v) is 11.3. The van der Waals surface area contributed by atoms with Gasteiger partial charge in [0.1, 0.15) is 17.5 Å². The van der Waals surface area contributed by atoms with E-state index in [4.69, 9.17) is 11.0 Å². The summed E-state index contributed by atoms with van der Waals surface area (Å²) in [6.45, 7) is 0.